The maximum atomic E-state index is 11.7. The van der Waals surface area contributed by atoms with Gasteiger partial charge < -0.3 is 9.30 Å². The topological polar surface area (TPSA) is 31.2 Å². The van der Waals surface area contributed by atoms with E-state index >= 15 is 0 Å². The molecule has 0 radical (unpaired) electrons. The first-order chi connectivity index (χ1) is 8.77. The smallest absolute Gasteiger partial charge is 0.339 e. The zero-order valence-electron chi connectivity index (χ0n) is 11.1. The van der Waals surface area contributed by atoms with E-state index in [1.54, 1.807) is 0 Å². The van der Waals surface area contributed by atoms with Crippen molar-refractivity contribution in [2.24, 2.45) is 0 Å². The van der Waals surface area contributed by atoms with Crippen molar-refractivity contribution in [2.45, 2.75) is 45.6 Å². The Kier molecular flexibility index (Phi) is 4.09. The fourth-order valence-electron chi connectivity index (χ4n) is 2.33. The molecular weight excluding hydrogens is 226 g/mol. The van der Waals surface area contributed by atoms with Gasteiger partial charge in [0.05, 0.1) is 18.4 Å². The minimum Gasteiger partial charge on any atom is -0.465 e. The number of rotatable bonds is 3. The van der Waals surface area contributed by atoms with Gasteiger partial charge in [0.15, 0.2) is 0 Å². The van der Waals surface area contributed by atoms with Crippen LogP contribution in [-0.4, -0.2) is 17.6 Å². The molecule has 1 aromatic heterocycles. The number of ether oxygens (including phenoxy) is 1. The third-order valence-electron chi connectivity index (χ3n) is 3.28. The highest BCUT2D eigenvalue weighted by atomic mass is 16.5. The molecule has 0 saturated heterocycles. The lowest BCUT2D eigenvalue weighted by molar-refractivity contribution is 0.0599. The molecule has 0 atom stereocenters. The third-order valence-corrected chi connectivity index (χ3v) is 3.28. The first-order valence-corrected chi connectivity index (χ1v) is 6.57. The van der Waals surface area contributed by atoms with Crippen molar-refractivity contribution in [3.63, 3.8) is 0 Å². The van der Waals surface area contributed by atoms with Crippen LogP contribution in [0.25, 0.3) is 0 Å². The molecule has 2 rings (SSSR count). The number of hydrogen-bond acceptors (Lipinski definition) is 2. The molecule has 0 amide bonds. The number of nitrogens with zero attached hydrogens (tertiary/aromatic N) is 1. The van der Waals surface area contributed by atoms with Crippen LogP contribution in [0, 0.1) is 11.8 Å². The predicted molar refractivity (Wildman–Crippen MR) is 70.5 cm³/mol. The lowest BCUT2D eigenvalue weighted by atomic mass is 10.2. The molecule has 0 aliphatic carbocycles. The van der Waals surface area contributed by atoms with E-state index < -0.39 is 0 Å². The van der Waals surface area contributed by atoms with Crippen molar-refractivity contribution < 1.29 is 9.53 Å². The number of unbranched alkanes of at least 4 members (excludes halogenated alkanes) is 2. The molecule has 1 aliphatic rings. The number of hydrogen-bond donors (Lipinski definition) is 0. The van der Waals surface area contributed by atoms with Gasteiger partial charge in [-0.3, -0.25) is 0 Å². The highest BCUT2D eigenvalue weighted by molar-refractivity contribution is 5.91. The lowest BCUT2D eigenvalue weighted by Crippen LogP contribution is -2.03. The Hall–Kier alpha value is -1.69. The molecule has 0 bridgehead atoms. The van der Waals surface area contributed by atoms with Gasteiger partial charge in [-0.1, -0.05) is 19.3 Å². The van der Waals surface area contributed by atoms with Gasteiger partial charge in [0.2, 0.25) is 0 Å². The molecule has 2 heterocycles. The molecule has 0 aromatic carbocycles. The number of fused-ring (bicyclic) bond motifs is 1. The fraction of sp³-hybridized carbons (Fsp3) is 0.533. The first-order valence-electron chi connectivity index (χ1n) is 6.57. The van der Waals surface area contributed by atoms with E-state index in [1.165, 1.54) is 7.11 Å². The van der Waals surface area contributed by atoms with E-state index in [9.17, 15) is 4.79 Å². The molecule has 1 aromatic rings. The fourth-order valence-corrected chi connectivity index (χ4v) is 2.33. The van der Waals surface area contributed by atoms with Crippen LogP contribution < -0.4 is 0 Å². The monoisotopic (exact) mass is 245 g/mol. The van der Waals surface area contributed by atoms with Crippen LogP contribution in [0.5, 0.6) is 0 Å². The van der Waals surface area contributed by atoms with Gasteiger partial charge in [-0.2, -0.15) is 0 Å². The van der Waals surface area contributed by atoms with Crippen molar-refractivity contribution in [1.29, 1.82) is 0 Å². The maximum Gasteiger partial charge on any atom is 0.339 e. The molecule has 18 heavy (non-hydrogen) atoms. The summed E-state index contributed by atoms with van der Waals surface area (Å²) in [5.74, 6) is 6.12. The lowest BCUT2D eigenvalue weighted by Gasteiger charge is -1.99. The van der Waals surface area contributed by atoms with Gasteiger partial charge in [-0.15, -0.1) is 0 Å². The Bertz CT molecular complexity index is 503. The van der Waals surface area contributed by atoms with E-state index in [1.807, 2.05) is 6.07 Å². The van der Waals surface area contributed by atoms with Crippen LogP contribution in [0.2, 0.25) is 0 Å². The summed E-state index contributed by atoms with van der Waals surface area (Å²) >= 11 is 0. The van der Waals surface area contributed by atoms with Crippen LogP contribution in [-0.2, 0) is 17.7 Å². The van der Waals surface area contributed by atoms with Crippen LogP contribution in [0.1, 0.15) is 54.4 Å². The van der Waals surface area contributed by atoms with Crippen molar-refractivity contribution >= 4 is 5.97 Å². The normalized spacial score (nSPS) is 12.8. The minimum atomic E-state index is -0.248. The summed E-state index contributed by atoms with van der Waals surface area (Å²) < 4.78 is 6.98. The highest BCUT2D eigenvalue weighted by Crippen LogP contribution is 2.24. The van der Waals surface area contributed by atoms with E-state index in [2.05, 4.69) is 23.3 Å². The summed E-state index contributed by atoms with van der Waals surface area (Å²) in [6.07, 6.45) is 5.24. The Morgan fingerprint density at radius 2 is 2.39 bits per heavy atom. The molecule has 3 nitrogen and oxygen atoms in total. The van der Waals surface area contributed by atoms with E-state index in [0.29, 0.717) is 5.56 Å². The van der Waals surface area contributed by atoms with Crippen molar-refractivity contribution in [2.75, 3.05) is 7.11 Å². The first kappa shape index (κ1) is 12.8. The van der Waals surface area contributed by atoms with Crippen LogP contribution >= 0.6 is 0 Å². The maximum absolute atomic E-state index is 11.7. The number of methoxy groups -OCH3 is 1. The number of aromatic nitrogens is 1. The molecule has 1 aliphatic heterocycles. The van der Waals surface area contributed by atoms with Crippen molar-refractivity contribution in [1.82, 2.24) is 4.57 Å². The Morgan fingerprint density at radius 3 is 3.11 bits per heavy atom. The second kappa shape index (κ2) is 5.77. The zero-order valence-corrected chi connectivity index (χ0v) is 11.1. The molecule has 0 fully saturated rings. The molecule has 0 unspecified atom stereocenters. The Labute approximate surface area is 108 Å². The van der Waals surface area contributed by atoms with Crippen LogP contribution in [0.4, 0.5) is 0 Å². The Balaban J connectivity index is 2.25. The van der Waals surface area contributed by atoms with Crippen molar-refractivity contribution in [3.05, 3.63) is 23.0 Å². The van der Waals surface area contributed by atoms with Gasteiger partial charge in [0, 0.05) is 18.7 Å². The molecule has 0 N–H and O–H groups in total. The average molecular weight is 245 g/mol. The summed E-state index contributed by atoms with van der Waals surface area (Å²) in [7, 11) is 1.42. The summed E-state index contributed by atoms with van der Waals surface area (Å²) in [4.78, 5) is 11.7. The van der Waals surface area contributed by atoms with Gasteiger partial charge in [-0.25, -0.2) is 4.79 Å². The number of carbonyl (C=O) groups excluding carboxylic acids is 1. The molecule has 96 valence electrons. The third kappa shape index (κ3) is 2.43. The van der Waals surface area contributed by atoms with Crippen LogP contribution in [0.15, 0.2) is 6.07 Å². The second-order valence-electron chi connectivity index (χ2n) is 4.54. The standard InChI is InChI=1S/C15H19NO2/c1-3-4-5-6-8-12-11-13(15(17)18-2)14-9-7-10-16(12)14/h11H,3-5,7,9-10H2,1-2H3. The Morgan fingerprint density at radius 1 is 1.56 bits per heavy atom. The van der Waals surface area contributed by atoms with Gasteiger partial charge >= 0.3 is 5.97 Å². The van der Waals surface area contributed by atoms with E-state index in [4.69, 9.17) is 4.74 Å². The summed E-state index contributed by atoms with van der Waals surface area (Å²) in [5, 5.41) is 0. The van der Waals surface area contributed by atoms with Crippen molar-refractivity contribution in [3.8, 4) is 11.8 Å². The van der Waals surface area contributed by atoms with E-state index in [0.717, 1.165) is 50.0 Å². The SMILES string of the molecule is CCCCC#Cc1cc(C(=O)OC)c2n1CCC2. The molecule has 3 heteroatoms. The molecule has 0 spiro atoms. The molecule has 0 saturated carbocycles. The number of carbonyl (C=O) groups is 1. The second-order valence-corrected chi connectivity index (χ2v) is 4.54. The highest BCUT2D eigenvalue weighted by Gasteiger charge is 2.23. The largest absolute Gasteiger partial charge is 0.465 e. The van der Waals surface area contributed by atoms with Gasteiger partial charge in [-0.05, 0) is 31.2 Å². The quantitative estimate of drug-likeness (QED) is 0.466. The zero-order chi connectivity index (χ0) is 13.0. The van der Waals surface area contributed by atoms with E-state index in [-0.39, 0.29) is 5.97 Å². The predicted octanol–water partition coefficient (Wildman–Crippen LogP) is 2.76. The number of esters is 1. The minimum absolute atomic E-state index is 0.248. The van der Waals surface area contributed by atoms with Crippen LogP contribution in [0.3, 0.4) is 0 Å². The molecular formula is C15H19NO2. The summed E-state index contributed by atoms with van der Waals surface area (Å²) in [5.41, 5.74) is 2.73. The average Bonchev–Trinajstić information content (AvgIpc) is 2.96. The summed E-state index contributed by atoms with van der Waals surface area (Å²) in [6.45, 7) is 3.12. The van der Waals surface area contributed by atoms with Gasteiger partial charge in [0.25, 0.3) is 0 Å². The van der Waals surface area contributed by atoms with Gasteiger partial charge in [0.1, 0.15) is 0 Å². The summed E-state index contributed by atoms with van der Waals surface area (Å²) in [6, 6.07) is 1.87.